The van der Waals surface area contributed by atoms with Gasteiger partial charge in [-0.2, -0.15) is 0 Å². The summed E-state index contributed by atoms with van der Waals surface area (Å²) in [5.74, 6) is -0.791. The lowest BCUT2D eigenvalue weighted by Crippen LogP contribution is -2.50. The smallest absolute Gasteiger partial charge is 0.307 e. The third-order valence-corrected chi connectivity index (χ3v) is 11.5. The fourth-order valence-corrected chi connectivity index (χ4v) is 8.81. The van der Waals surface area contributed by atoms with E-state index in [1.807, 2.05) is 18.2 Å². The fourth-order valence-electron chi connectivity index (χ4n) is 5.74. The van der Waals surface area contributed by atoms with Gasteiger partial charge in [0.15, 0.2) is 5.71 Å². The lowest BCUT2D eigenvalue weighted by atomic mass is 9.86. The second-order valence-corrected chi connectivity index (χ2v) is 14.7. The zero-order chi connectivity index (χ0) is 23.4. The van der Waals surface area contributed by atoms with E-state index < -0.39 is 14.0 Å². The summed E-state index contributed by atoms with van der Waals surface area (Å²) in [6, 6.07) is 15.1. The van der Waals surface area contributed by atoms with Crippen LogP contribution in [0, 0.1) is 0 Å². The van der Waals surface area contributed by atoms with Crippen molar-refractivity contribution in [1.82, 2.24) is 0 Å². The van der Waals surface area contributed by atoms with Gasteiger partial charge < -0.3 is 10.0 Å². The molecule has 0 aromatic heterocycles. The molecule has 34 heavy (non-hydrogen) atoms. The molecule has 0 spiro atoms. The van der Waals surface area contributed by atoms with Gasteiger partial charge in [0.1, 0.15) is 21.2 Å². The van der Waals surface area contributed by atoms with Crippen LogP contribution in [0.4, 0.5) is 5.69 Å². The molecule has 2 fully saturated rings. The predicted octanol–water partition coefficient (Wildman–Crippen LogP) is 4.15. The van der Waals surface area contributed by atoms with E-state index in [-0.39, 0.29) is 6.42 Å². The Kier molecular flexibility index (Phi) is 4.99. The molecule has 2 saturated heterocycles. The van der Waals surface area contributed by atoms with Crippen LogP contribution in [0.5, 0.6) is 0 Å². The number of fused-ring (bicyclic) bond motifs is 2. The molecule has 4 nitrogen and oxygen atoms in total. The minimum absolute atomic E-state index is 0.0306. The maximum atomic E-state index is 11.7. The predicted molar refractivity (Wildman–Crippen MR) is 141 cm³/mol. The molecule has 172 valence electrons. The van der Waals surface area contributed by atoms with E-state index in [9.17, 15) is 9.90 Å². The van der Waals surface area contributed by atoms with Crippen LogP contribution in [-0.4, -0.2) is 55.6 Å². The summed E-state index contributed by atoms with van der Waals surface area (Å²) in [5, 5.41) is 12.5. The number of rotatable bonds is 4. The van der Waals surface area contributed by atoms with Gasteiger partial charge >= 0.3 is 5.97 Å². The summed E-state index contributed by atoms with van der Waals surface area (Å²) in [4.78, 5) is 14.2. The highest BCUT2D eigenvalue weighted by Crippen LogP contribution is 2.43. The molecule has 0 radical (unpaired) electrons. The van der Waals surface area contributed by atoms with Crippen molar-refractivity contribution in [2.24, 2.45) is 0 Å². The van der Waals surface area contributed by atoms with Gasteiger partial charge in [-0.25, -0.2) is 4.58 Å². The lowest BCUT2D eigenvalue weighted by molar-refractivity contribution is -0.582. The molecule has 6 rings (SSSR count). The van der Waals surface area contributed by atoms with Crippen LogP contribution in [-0.2, 0) is 11.2 Å². The summed E-state index contributed by atoms with van der Waals surface area (Å²) in [5.41, 5.74) is 8.33. The van der Waals surface area contributed by atoms with Crippen molar-refractivity contribution in [3.8, 4) is 0 Å². The average molecular weight is 468 g/mol. The number of anilines is 1. The number of carboxylic acid groups (broad SMARTS) is 1. The Labute approximate surface area is 202 Å². The molecule has 0 amide bonds. The van der Waals surface area contributed by atoms with Crippen LogP contribution in [0.15, 0.2) is 71.5 Å². The van der Waals surface area contributed by atoms with Gasteiger partial charge in [-0.15, -0.1) is 0 Å². The number of aliphatic carboxylic acids is 1. The van der Waals surface area contributed by atoms with E-state index in [1.54, 1.807) is 0 Å². The molecule has 1 N–H and O–H groups in total. The van der Waals surface area contributed by atoms with Crippen LogP contribution in [0.2, 0.25) is 13.1 Å². The van der Waals surface area contributed by atoms with Crippen molar-refractivity contribution < 1.29 is 14.5 Å². The zero-order valence-electron chi connectivity index (χ0n) is 20.0. The van der Waals surface area contributed by atoms with Crippen LogP contribution in [0.3, 0.4) is 0 Å². The lowest BCUT2D eigenvalue weighted by Gasteiger charge is -2.40. The standard InChI is InChI=1S/C29H30N2O2Si/c1-34(2)26-18-21(30-13-5-14-30)9-11-24(26)29(23-8-4-3-7-20(23)17-28(32)33)25-12-10-22(19-27(25)34)31-15-6-16-31/h3-4,7-12,18-19H,5-6,13-17H2,1-2H3/p+1. The number of allylic oxidation sites excluding steroid dienone is 5. The van der Waals surface area contributed by atoms with Crippen molar-refractivity contribution >= 4 is 36.2 Å². The van der Waals surface area contributed by atoms with Crippen molar-refractivity contribution in [1.29, 1.82) is 0 Å². The largest absolute Gasteiger partial charge is 0.481 e. The fraction of sp³-hybridized carbons (Fsp3) is 0.310. The second kappa shape index (κ2) is 7.95. The molecule has 3 aliphatic heterocycles. The molecule has 0 bridgehead atoms. The molecular weight excluding hydrogens is 436 g/mol. The van der Waals surface area contributed by atoms with Gasteiger partial charge in [-0.3, -0.25) is 4.79 Å². The van der Waals surface area contributed by atoms with Crippen LogP contribution in [0.25, 0.3) is 5.57 Å². The van der Waals surface area contributed by atoms with E-state index in [0.717, 1.165) is 37.3 Å². The first-order chi connectivity index (χ1) is 16.4. The van der Waals surface area contributed by atoms with E-state index in [1.165, 1.54) is 51.3 Å². The number of carboxylic acids is 1. The first kappa shape index (κ1) is 21.4. The number of nitrogens with zero attached hydrogens (tertiary/aromatic N) is 2. The monoisotopic (exact) mass is 467 g/mol. The summed E-state index contributed by atoms with van der Waals surface area (Å²) in [7, 11) is -1.98. The quantitative estimate of drug-likeness (QED) is 0.543. The molecule has 1 aliphatic carbocycles. The Morgan fingerprint density at radius 1 is 1.03 bits per heavy atom. The summed E-state index contributed by atoms with van der Waals surface area (Å²) < 4.78 is 2.47. The Bertz CT molecular complexity index is 1340. The highest BCUT2D eigenvalue weighted by atomic mass is 28.3. The number of hydrogen-bond acceptors (Lipinski definition) is 2. The Morgan fingerprint density at radius 2 is 1.82 bits per heavy atom. The summed E-state index contributed by atoms with van der Waals surface area (Å²) >= 11 is 0. The average Bonchev–Trinajstić information content (AvgIpc) is 2.73. The minimum Gasteiger partial charge on any atom is -0.481 e. The molecule has 3 heterocycles. The van der Waals surface area contributed by atoms with Crippen LogP contribution >= 0.6 is 0 Å². The third kappa shape index (κ3) is 3.33. The SMILES string of the molecule is C[Si]1(C)C2=CC(=[N+]3CCC3)C=CC2=C(c2ccccc2CC(=O)O)c2ccc(N3CCC3)cc21. The maximum absolute atomic E-state index is 11.7. The van der Waals surface area contributed by atoms with Gasteiger partial charge in [-0.05, 0) is 62.8 Å². The molecule has 5 heteroatoms. The Balaban J connectivity index is 1.62. The van der Waals surface area contributed by atoms with Gasteiger partial charge in [0, 0.05) is 30.9 Å². The topological polar surface area (TPSA) is 43.6 Å². The zero-order valence-corrected chi connectivity index (χ0v) is 21.0. The van der Waals surface area contributed by atoms with E-state index in [4.69, 9.17) is 0 Å². The molecule has 4 aliphatic rings. The normalized spacial score (nSPS) is 20.3. The van der Waals surface area contributed by atoms with E-state index in [2.05, 4.69) is 65.1 Å². The van der Waals surface area contributed by atoms with E-state index in [0.29, 0.717) is 0 Å². The first-order valence-corrected chi connectivity index (χ1v) is 15.4. The van der Waals surface area contributed by atoms with Gasteiger partial charge in [0.2, 0.25) is 0 Å². The molecule has 0 unspecified atom stereocenters. The van der Waals surface area contributed by atoms with Crippen molar-refractivity contribution in [2.75, 3.05) is 31.1 Å². The van der Waals surface area contributed by atoms with Crippen molar-refractivity contribution in [2.45, 2.75) is 32.4 Å². The molecule has 2 aromatic carbocycles. The summed E-state index contributed by atoms with van der Waals surface area (Å²) in [6.45, 7) is 9.49. The summed E-state index contributed by atoms with van der Waals surface area (Å²) in [6.07, 6.45) is 9.57. The van der Waals surface area contributed by atoms with Crippen molar-refractivity contribution in [3.05, 3.63) is 88.2 Å². The minimum atomic E-state index is -1.98. The molecule has 0 saturated carbocycles. The third-order valence-electron chi connectivity index (χ3n) is 7.96. The van der Waals surface area contributed by atoms with Gasteiger partial charge in [0.05, 0.1) is 12.8 Å². The highest BCUT2D eigenvalue weighted by molar-refractivity contribution is 6.98. The number of benzene rings is 2. The van der Waals surface area contributed by atoms with Crippen LogP contribution < -0.4 is 10.1 Å². The molecular formula is C29H31N2O2Si+. The van der Waals surface area contributed by atoms with E-state index >= 15 is 0 Å². The number of carbonyl (C=O) groups is 1. The van der Waals surface area contributed by atoms with Crippen LogP contribution in [0.1, 0.15) is 29.5 Å². The molecule has 2 aromatic rings. The Hall–Kier alpha value is -3.18. The van der Waals surface area contributed by atoms with Crippen molar-refractivity contribution in [3.63, 3.8) is 0 Å². The second-order valence-electron chi connectivity index (χ2n) is 10.4. The maximum Gasteiger partial charge on any atom is 0.307 e. The van der Waals surface area contributed by atoms with Gasteiger partial charge in [0.25, 0.3) is 0 Å². The van der Waals surface area contributed by atoms with Gasteiger partial charge in [-0.1, -0.05) is 43.4 Å². The first-order valence-electron chi connectivity index (χ1n) is 12.4. The molecule has 0 atom stereocenters. The Morgan fingerprint density at radius 3 is 2.50 bits per heavy atom. The highest BCUT2D eigenvalue weighted by Gasteiger charge is 2.41. The number of hydrogen-bond donors (Lipinski definition) is 1.